The number of carbonyl (C=O) groups is 1. The van der Waals surface area contributed by atoms with Gasteiger partial charge in [0.15, 0.2) is 0 Å². The van der Waals surface area contributed by atoms with E-state index in [1.165, 1.54) is 5.56 Å². The van der Waals surface area contributed by atoms with Crippen LogP contribution in [0.1, 0.15) is 140 Å². The van der Waals surface area contributed by atoms with E-state index in [0.29, 0.717) is 16.7 Å². The summed E-state index contributed by atoms with van der Waals surface area (Å²) in [5.41, 5.74) is 11.6. The molecule has 1 atom stereocenters. The van der Waals surface area contributed by atoms with Crippen LogP contribution in [0, 0.1) is 0 Å². The summed E-state index contributed by atoms with van der Waals surface area (Å²) < 4.78 is 19.6. The summed E-state index contributed by atoms with van der Waals surface area (Å²) >= 11 is 6.36. The van der Waals surface area contributed by atoms with Crippen LogP contribution in [-0.2, 0) is 15.8 Å². The third kappa shape index (κ3) is 7.46. The lowest BCUT2D eigenvalue weighted by Gasteiger charge is -2.25. The van der Waals surface area contributed by atoms with Crippen LogP contribution in [0.4, 0.5) is 0 Å². The SMILES string of the molecule is C.CC(C)c1cc(C(C)C)c(CC(=O)P(N)(=O)Oc2c(C(C)C)cc(Cl)cc2C(C)C)c(C(C)C)c1. The Hall–Kier alpha value is -1.61. The molecule has 202 valence electrons. The second-order valence-electron chi connectivity index (χ2n) is 11.1. The highest BCUT2D eigenvalue weighted by molar-refractivity contribution is 7.74. The molecule has 0 aliphatic rings. The van der Waals surface area contributed by atoms with Gasteiger partial charge in [-0.1, -0.05) is 100 Å². The lowest BCUT2D eigenvalue weighted by atomic mass is 9.83. The normalized spacial score (nSPS) is 13.5. The van der Waals surface area contributed by atoms with E-state index in [9.17, 15) is 9.36 Å². The highest BCUT2D eigenvalue weighted by Crippen LogP contribution is 2.48. The molecule has 0 fully saturated rings. The first kappa shape index (κ1) is 32.4. The molecule has 0 heterocycles. The molecule has 0 spiro atoms. The van der Waals surface area contributed by atoms with Gasteiger partial charge in [-0.25, -0.2) is 5.50 Å². The molecule has 2 aromatic carbocycles. The molecule has 0 bridgehead atoms. The minimum absolute atomic E-state index is 0. The maximum atomic E-state index is 13.6. The monoisotopic (exact) mass is 535 g/mol. The van der Waals surface area contributed by atoms with E-state index in [1.807, 2.05) is 27.7 Å². The number of hydrogen-bond donors (Lipinski definition) is 1. The van der Waals surface area contributed by atoms with Crippen molar-refractivity contribution in [1.82, 2.24) is 0 Å². The Morgan fingerprint density at radius 3 is 1.50 bits per heavy atom. The van der Waals surface area contributed by atoms with Crippen molar-refractivity contribution < 1.29 is 13.9 Å². The average Bonchev–Trinajstić information content (AvgIpc) is 2.73. The molecule has 2 N–H and O–H groups in total. The van der Waals surface area contributed by atoms with E-state index < -0.39 is 13.0 Å². The number of carbonyl (C=O) groups excluding carboxylic acids is 1. The Morgan fingerprint density at radius 1 is 0.778 bits per heavy atom. The van der Waals surface area contributed by atoms with Crippen LogP contribution in [0.25, 0.3) is 0 Å². The van der Waals surface area contributed by atoms with Crippen molar-refractivity contribution in [1.29, 1.82) is 0 Å². The molecule has 0 aliphatic carbocycles. The third-order valence-corrected chi connectivity index (χ3v) is 8.04. The van der Waals surface area contributed by atoms with Crippen molar-refractivity contribution in [3.63, 3.8) is 0 Å². The molecule has 4 nitrogen and oxygen atoms in total. The Balaban J connectivity index is 0.00000648. The zero-order valence-corrected chi connectivity index (χ0v) is 24.7. The standard InChI is InChI=1S/C29H43ClNO3P.CH4/c1-16(2)21-11-23(17(3)4)27(24(12-21)18(5)6)15-28(32)35(31,33)34-29-25(19(7)8)13-22(30)14-26(29)20(9)10;/h11-14,16-20H,15H2,1-10H3,(H2,31,33);1H4. The topological polar surface area (TPSA) is 69.4 Å². The van der Waals surface area contributed by atoms with Crippen LogP contribution in [0.3, 0.4) is 0 Å². The largest absolute Gasteiger partial charge is 0.427 e. The molecule has 0 aromatic heterocycles. The Morgan fingerprint density at radius 2 is 1.17 bits per heavy atom. The maximum Gasteiger partial charge on any atom is 0.379 e. The average molecular weight is 536 g/mol. The summed E-state index contributed by atoms with van der Waals surface area (Å²) in [5, 5.41) is 0.580. The summed E-state index contributed by atoms with van der Waals surface area (Å²) in [6.07, 6.45) is -0.0191. The van der Waals surface area contributed by atoms with E-state index in [1.54, 1.807) is 12.1 Å². The van der Waals surface area contributed by atoms with Gasteiger partial charge in [0.1, 0.15) is 5.75 Å². The number of benzene rings is 2. The molecule has 2 rings (SSSR count). The summed E-state index contributed by atoms with van der Waals surface area (Å²) in [7, 11) is -4.13. The Bertz CT molecular complexity index is 1060. The summed E-state index contributed by atoms with van der Waals surface area (Å²) in [6, 6.07) is 7.96. The lowest BCUT2D eigenvalue weighted by Crippen LogP contribution is -2.19. The van der Waals surface area contributed by atoms with Crippen LogP contribution in [0.15, 0.2) is 24.3 Å². The van der Waals surface area contributed by atoms with Crippen LogP contribution in [0.5, 0.6) is 5.75 Å². The molecule has 2 aromatic rings. The van der Waals surface area contributed by atoms with E-state index >= 15 is 0 Å². The zero-order chi connectivity index (χ0) is 26.8. The minimum Gasteiger partial charge on any atom is -0.427 e. The Kier molecular flexibility index (Phi) is 11.5. The van der Waals surface area contributed by atoms with Crippen molar-refractivity contribution >= 4 is 24.6 Å². The summed E-state index contributed by atoms with van der Waals surface area (Å²) in [5.74, 6) is 1.32. The maximum absolute atomic E-state index is 13.6. The summed E-state index contributed by atoms with van der Waals surface area (Å²) in [4.78, 5) is 13.5. The predicted molar refractivity (Wildman–Crippen MR) is 156 cm³/mol. The molecule has 0 aliphatic heterocycles. The van der Waals surface area contributed by atoms with Crippen molar-refractivity contribution in [2.24, 2.45) is 5.50 Å². The molecule has 6 heteroatoms. The van der Waals surface area contributed by atoms with Crippen LogP contribution < -0.4 is 10.0 Å². The molecule has 0 amide bonds. The second-order valence-corrected chi connectivity index (χ2v) is 13.4. The number of rotatable bonds is 10. The zero-order valence-electron chi connectivity index (χ0n) is 23.0. The van der Waals surface area contributed by atoms with Crippen molar-refractivity contribution in [2.45, 2.75) is 113 Å². The third-order valence-electron chi connectivity index (χ3n) is 6.51. The van der Waals surface area contributed by atoms with Crippen LogP contribution >= 0.6 is 19.1 Å². The predicted octanol–water partition coefficient (Wildman–Crippen LogP) is 9.89. The summed E-state index contributed by atoms with van der Waals surface area (Å²) in [6.45, 7) is 20.8. The molecular formula is C30H47ClNO3P. The smallest absolute Gasteiger partial charge is 0.379 e. The van der Waals surface area contributed by atoms with Gasteiger partial charge < -0.3 is 4.52 Å². The second kappa shape index (κ2) is 12.8. The van der Waals surface area contributed by atoms with Crippen molar-refractivity contribution in [2.75, 3.05) is 0 Å². The van der Waals surface area contributed by atoms with Crippen LogP contribution in [-0.4, -0.2) is 5.52 Å². The van der Waals surface area contributed by atoms with Gasteiger partial charge in [-0.2, -0.15) is 0 Å². The first-order valence-electron chi connectivity index (χ1n) is 12.7. The molecule has 0 saturated carbocycles. The first-order valence-corrected chi connectivity index (χ1v) is 14.7. The molecule has 36 heavy (non-hydrogen) atoms. The van der Waals surface area contributed by atoms with Gasteiger partial charge in [-0.15, -0.1) is 0 Å². The highest BCUT2D eigenvalue weighted by Gasteiger charge is 2.34. The highest BCUT2D eigenvalue weighted by atomic mass is 35.5. The number of halogens is 1. The number of hydrogen-bond acceptors (Lipinski definition) is 3. The fourth-order valence-corrected chi connectivity index (χ4v) is 5.55. The van der Waals surface area contributed by atoms with E-state index in [0.717, 1.165) is 27.8 Å². The van der Waals surface area contributed by atoms with Gasteiger partial charge >= 0.3 is 7.52 Å². The fraction of sp³-hybridized carbons (Fsp3) is 0.567. The lowest BCUT2D eigenvalue weighted by molar-refractivity contribution is -0.112. The van der Waals surface area contributed by atoms with E-state index in [4.69, 9.17) is 21.6 Å². The van der Waals surface area contributed by atoms with Crippen molar-refractivity contribution in [3.8, 4) is 5.75 Å². The van der Waals surface area contributed by atoms with E-state index in [2.05, 4.69) is 53.7 Å². The van der Waals surface area contributed by atoms with Gasteiger partial charge in [0.25, 0.3) is 0 Å². The van der Waals surface area contributed by atoms with Gasteiger partial charge in [-0.3, -0.25) is 9.36 Å². The molecule has 1 unspecified atom stereocenters. The van der Waals surface area contributed by atoms with Gasteiger partial charge in [-0.05, 0) is 75.1 Å². The minimum atomic E-state index is -4.13. The molecule has 0 saturated heterocycles. The molecule has 0 radical (unpaired) electrons. The quantitative estimate of drug-likeness (QED) is 0.307. The van der Waals surface area contributed by atoms with Gasteiger partial charge in [0, 0.05) is 11.4 Å². The van der Waals surface area contributed by atoms with Gasteiger partial charge in [0.2, 0.25) is 5.52 Å². The van der Waals surface area contributed by atoms with E-state index in [-0.39, 0.29) is 37.5 Å². The number of nitrogens with two attached hydrogens (primary N) is 1. The van der Waals surface area contributed by atoms with Crippen LogP contribution in [0.2, 0.25) is 5.02 Å². The van der Waals surface area contributed by atoms with Gasteiger partial charge in [0.05, 0.1) is 0 Å². The fourth-order valence-electron chi connectivity index (χ4n) is 4.36. The van der Waals surface area contributed by atoms with Crippen molar-refractivity contribution in [3.05, 3.63) is 62.7 Å². The Labute approximate surface area is 224 Å². The molecular weight excluding hydrogens is 489 g/mol. The first-order chi connectivity index (χ1) is 16.1.